The monoisotopic (exact) mass is 374 g/mol. The molecule has 1 aromatic rings. The lowest BCUT2D eigenvalue weighted by Gasteiger charge is -2.48. The van der Waals surface area contributed by atoms with Gasteiger partial charge in [-0.25, -0.2) is 0 Å². The second kappa shape index (κ2) is 7.89. The number of likely N-dealkylation sites (N-methyl/N-ethyl adjacent to an activating group) is 1. The Kier molecular flexibility index (Phi) is 5.53. The van der Waals surface area contributed by atoms with Crippen LogP contribution in [0.3, 0.4) is 0 Å². The zero-order valence-corrected chi connectivity index (χ0v) is 17.0. The molecule has 0 N–H and O–H groups in total. The number of hydrogen-bond donors (Lipinski definition) is 0. The standard InChI is InChI=1S/C20H34N6O/c1-16-15-25(10-6-17(16)24-13-11-22(2)12-14-24)18-5-4-8-26(20(18)27)19-7-9-23(3)21-19/h7,9,16-18H,4-6,8,10-15H2,1-3H3/t16-,17+,18+/m1/s1. The highest BCUT2D eigenvalue weighted by molar-refractivity contribution is 5.97. The van der Waals surface area contributed by atoms with E-state index in [4.69, 9.17) is 0 Å². The molecule has 3 saturated heterocycles. The number of hydrogen-bond acceptors (Lipinski definition) is 5. The van der Waals surface area contributed by atoms with Crippen molar-refractivity contribution in [2.75, 3.05) is 57.8 Å². The first-order chi connectivity index (χ1) is 13.0. The lowest BCUT2D eigenvalue weighted by atomic mass is 9.89. The van der Waals surface area contributed by atoms with Crippen LogP contribution in [0, 0.1) is 5.92 Å². The van der Waals surface area contributed by atoms with E-state index < -0.39 is 0 Å². The molecule has 7 heteroatoms. The van der Waals surface area contributed by atoms with Gasteiger partial charge in [-0.1, -0.05) is 6.92 Å². The lowest BCUT2D eigenvalue weighted by molar-refractivity contribution is -0.126. The molecule has 3 fully saturated rings. The maximum Gasteiger partial charge on any atom is 0.245 e. The van der Waals surface area contributed by atoms with Gasteiger partial charge in [-0.2, -0.15) is 5.10 Å². The zero-order chi connectivity index (χ0) is 19.0. The van der Waals surface area contributed by atoms with Crippen molar-refractivity contribution in [1.29, 1.82) is 0 Å². The van der Waals surface area contributed by atoms with Crippen LogP contribution in [0.5, 0.6) is 0 Å². The second-order valence-electron chi connectivity index (χ2n) is 8.66. The van der Waals surface area contributed by atoms with Gasteiger partial charge in [0.05, 0.1) is 6.04 Å². The summed E-state index contributed by atoms with van der Waals surface area (Å²) in [6, 6.07) is 2.64. The van der Waals surface area contributed by atoms with Crippen molar-refractivity contribution < 1.29 is 4.79 Å². The van der Waals surface area contributed by atoms with Crippen molar-refractivity contribution in [2.45, 2.75) is 38.3 Å². The SMILES string of the molecule is C[C@@H]1CN([C@H]2CCCN(c3ccn(C)n3)C2=O)CC[C@@H]1N1CCN(C)CC1. The van der Waals surface area contributed by atoms with Crippen molar-refractivity contribution in [3.63, 3.8) is 0 Å². The highest BCUT2D eigenvalue weighted by atomic mass is 16.2. The largest absolute Gasteiger partial charge is 0.304 e. The van der Waals surface area contributed by atoms with Crippen LogP contribution in [0.2, 0.25) is 0 Å². The molecule has 4 rings (SSSR count). The summed E-state index contributed by atoms with van der Waals surface area (Å²) >= 11 is 0. The van der Waals surface area contributed by atoms with Gasteiger partial charge in [-0.15, -0.1) is 0 Å². The molecule has 0 unspecified atom stereocenters. The number of aromatic nitrogens is 2. The molecule has 4 heterocycles. The molecule has 1 amide bonds. The van der Waals surface area contributed by atoms with Crippen molar-refractivity contribution in [2.24, 2.45) is 13.0 Å². The molecular weight excluding hydrogens is 340 g/mol. The van der Waals surface area contributed by atoms with Gasteiger partial charge in [0.2, 0.25) is 5.91 Å². The quantitative estimate of drug-likeness (QED) is 0.786. The molecule has 1 aromatic heterocycles. The smallest absolute Gasteiger partial charge is 0.245 e. The van der Waals surface area contributed by atoms with Crippen LogP contribution in [-0.4, -0.2) is 95.3 Å². The van der Waals surface area contributed by atoms with E-state index in [1.54, 1.807) is 4.68 Å². The number of amides is 1. The minimum atomic E-state index is 0.0247. The fourth-order valence-corrected chi connectivity index (χ4v) is 5.11. The first kappa shape index (κ1) is 18.9. The van der Waals surface area contributed by atoms with E-state index in [0.717, 1.165) is 38.3 Å². The van der Waals surface area contributed by atoms with E-state index in [1.165, 1.54) is 32.6 Å². The number of carbonyl (C=O) groups excluding carboxylic acids is 1. The number of carbonyl (C=O) groups is 1. The Morgan fingerprint density at radius 2 is 1.78 bits per heavy atom. The first-order valence-corrected chi connectivity index (χ1v) is 10.5. The van der Waals surface area contributed by atoms with E-state index in [-0.39, 0.29) is 11.9 Å². The lowest BCUT2D eigenvalue weighted by Crippen LogP contribution is -2.60. The topological polar surface area (TPSA) is 47.9 Å². The van der Waals surface area contributed by atoms with Crippen molar-refractivity contribution in [1.82, 2.24) is 24.5 Å². The van der Waals surface area contributed by atoms with Crippen LogP contribution in [0.1, 0.15) is 26.2 Å². The summed E-state index contributed by atoms with van der Waals surface area (Å²) in [6.07, 6.45) is 5.13. The molecular formula is C20H34N6O. The number of piperidine rings is 2. The van der Waals surface area contributed by atoms with Gasteiger partial charge >= 0.3 is 0 Å². The van der Waals surface area contributed by atoms with E-state index in [2.05, 4.69) is 33.8 Å². The maximum atomic E-state index is 13.2. The number of piperazine rings is 1. The van der Waals surface area contributed by atoms with Crippen molar-refractivity contribution in [3.8, 4) is 0 Å². The Balaban J connectivity index is 1.38. The zero-order valence-electron chi connectivity index (χ0n) is 17.0. The molecule has 0 radical (unpaired) electrons. The highest BCUT2D eigenvalue weighted by Gasteiger charge is 2.39. The Morgan fingerprint density at radius 3 is 2.44 bits per heavy atom. The van der Waals surface area contributed by atoms with Crippen LogP contribution < -0.4 is 4.90 Å². The van der Waals surface area contributed by atoms with Gasteiger partial charge in [0.15, 0.2) is 5.82 Å². The van der Waals surface area contributed by atoms with Crippen LogP contribution in [-0.2, 0) is 11.8 Å². The van der Waals surface area contributed by atoms with Gasteiger partial charge in [-0.3, -0.25) is 24.2 Å². The molecule has 0 bridgehead atoms. The number of nitrogens with zero attached hydrogens (tertiary/aromatic N) is 6. The summed E-state index contributed by atoms with van der Waals surface area (Å²) in [6.45, 7) is 9.94. The molecule has 0 aliphatic carbocycles. The van der Waals surface area contributed by atoms with Gasteiger partial charge in [0, 0.05) is 71.2 Å². The Labute approximate surface area is 162 Å². The Bertz CT molecular complexity index is 653. The van der Waals surface area contributed by atoms with Gasteiger partial charge < -0.3 is 4.90 Å². The van der Waals surface area contributed by atoms with Crippen molar-refractivity contribution >= 4 is 11.7 Å². The van der Waals surface area contributed by atoms with Crippen LogP contribution in [0.4, 0.5) is 5.82 Å². The van der Waals surface area contributed by atoms with Gasteiger partial charge in [-0.05, 0) is 32.2 Å². The fourth-order valence-electron chi connectivity index (χ4n) is 5.11. The summed E-state index contributed by atoms with van der Waals surface area (Å²) in [4.78, 5) is 22.6. The van der Waals surface area contributed by atoms with E-state index in [0.29, 0.717) is 12.0 Å². The summed E-state index contributed by atoms with van der Waals surface area (Å²) in [7, 11) is 4.12. The molecule has 3 atom stereocenters. The Morgan fingerprint density at radius 1 is 1.00 bits per heavy atom. The average molecular weight is 375 g/mol. The maximum absolute atomic E-state index is 13.2. The molecule has 0 spiro atoms. The summed E-state index contributed by atoms with van der Waals surface area (Å²) in [5, 5.41) is 4.45. The molecule has 3 aliphatic rings. The molecule has 0 aromatic carbocycles. The number of anilines is 1. The summed E-state index contributed by atoms with van der Waals surface area (Å²) in [5.41, 5.74) is 0. The fraction of sp³-hybridized carbons (Fsp3) is 0.800. The van der Waals surface area contributed by atoms with E-state index >= 15 is 0 Å². The minimum absolute atomic E-state index is 0.0247. The Hall–Kier alpha value is -1.44. The molecule has 27 heavy (non-hydrogen) atoms. The predicted molar refractivity (Wildman–Crippen MR) is 107 cm³/mol. The normalized spacial score (nSPS) is 32.2. The molecule has 3 aliphatic heterocycles. The van der Waals surface area contributed by atoms with Crippen LogP contribution in [0.25, 0.3) is 0 Å². The van der Waals surface area contributed by atoms with Crippen molar-refractivity contribution in [3.05, 3.63) is 12.3 Å². The number of likely N-dealkylation sites (tertiary alicyclic amines) is 1. The minimum Gasteiger partial charge on any atom is -0.304 e. The van der Waals surface area contributed by atoms with Gasteiger partial charge in [0.25, 0.3) is 0 Å². The number of rotatable bonds is 3. The van der Waals surface area contributed by atoms with E-state index in [1.807, 2.05) is 24.2 Å². The molecule has 7 nitrogen and oxygen atoms in total. The average Bonchev–Trinajstić information content (AvgIpc) is 3.09. The second-order valence-corrected chi connectivity index (χ2v) is 8.66. The first-order valence-electron chi connectivity index (χ1n) is 10.5. The summed E-state index contributed by atoms with van der Waals surface area (Å²) < 4.78 is 1.77. The highest BCUT2D eigenvalue weighted by Crippen LogP contribution is 2.29. The third-order valence-corrected chi connectivity index (χ3v) is 6.73. The van der Waals surface area contributed by atoms with Crippen LogP contribution in [0.15, 0.2) is 12.3 Å². The van der Waals surface area contributed by atoms with E-state index in [9.17, 15) is 4.79 Å². The third-order valence-electron chi connectivity index (χ3n) is 6.73. The third kappa shape index (κ3) is 3.91. The number of aryl methyl sites for hydroxylation is 1. The molecule has 0 saturated carbocycles. The van der Waals surface area contributed by atoms with Crippen LogP contribution >= 0.6 is 0 Å². The predicted octanol–water partition coefficient (Wildman–Crippen LogP) is 0.873. The van der Waals surface area contributed by atoms with Gasteiger partial charge in [0.1, 0.15) is 0 Å². The summed E-state index contributed by atoms with van der Waals surface area (Å²) in [5.74, 6) is 1.65. The molecule has 150 valence electrons.